The topological polar surface area (TPSA) is 44.9 Å². The van der Waals surface area contributed by atoms with Gasteiger partial charge in [0.2, 0.25) is 0 Å². The van der Waals surface area contributed by atoms with E-state index in [0.717, 1.165) is 63.1 Å². The maximum Gasteiger partial charge on any atom is 2.00 e. The Labute approximate surface area is 323 Å². The molecule has 5 nitrogen and oxygen atoms in total. The predicted octanol–water partition coefficient (Wildman–Crippen LogP) is 11.9. The van der Waals surface area contributed by atoms with E-state index >= 15 is 0 Å². The maximum atomic E-state index is 6.70. The van der Waals surface area contributed by atoms with Gasteiger partial charge in [-0.05, 0) is 96.5 Å². The largest absolute Gasteiger partial charge is 2.00 e. The van der Waals surface area contributed by atoms with Crippen molar-refractivity contribution in [2.45, 2.75) is 93.4 Å². The van der Waals surface area contributed by atoms with Crippen LogP contribution in [0.3, 0.4) is 0 Å². The van der Waals surface area contributed by atoms with E-state index in [-0.39, 0.29) is 26.5 Å². The van der Waals surface area contributed by atoms with Crippen molar-refractivity contribution in [3.63, 3.8) is 0 Å². The number of aromatic nitrogens is 4. The van der Waals surface area contributed by atoms with E-state index in [9.17, 15) is 0 Å². The Morgan fingerprint density at radius 2 is 1.50 bits per heavy atom. The van der Waals surface area contributed by atoms with E-state index in [2.05, 4.69) is 153 Å². The van der Waals surface area contributed by atoms with Crippen LogP contribution in [0.2, 0.25) is 0 Å². The van der Waals surface area contributed by atoms with E-state index in [1.54, 1.807) is 0 Å². The van der Waals surface area contributed by atoms with Crippen LogP contribution in [0, 0.1) is 32.9 Å². The number of fused-ring (bicyclic) bond motifs is 3. The minimum atomic E-state index is -0.129. The van der Waals surface area contributed by atoms with E-state index in [4.69, 9.17) is 14.8 Å². The molecule has 7 rings (SSSR count). The number of nitrogens with zero attached hydrogens (tertiary/aromatic N) is 4. The normalized spacial score (nSPS) is 11.8. The van der Waals surface area contributed by atoms with Crippen molar-refractivity contribution >= 4 is 21.8 Å². The van der Waals surface area contributed by atoms with Crippen molar-refractivity contribution < 1.29 is 25.8 Å². The number of hydrogen-bond donors (Lipinski definition) is 0. The molecule has 0 aliphatic rings. The quantitative estimate of drug-likeness (QED) is 0.143. The molecule has 0 atom stereocenters. The van der Waals surface area contributed by atoms with Gasteiger partial charge in [-0.1, -0.05) is 89.9 Å². The van der Waals surface area contributed by atoms with Crippen molar-refractivity contribution in [3.8, 4) is 34.1 Å². The van der Waals surface area contributed by atoms with Crippen LogP contribution in [-0.4, -0.2) is 19.3 Å². The van der Waals surface area contributed by atoms with Crippen molar-refractivity contribution in [2.75, 3.05) is 0 Å². The molecule has 0 saturated carbocycles. The number of pyridine rings is 1. The minimum Gasteiger partial charge on any atom is -0.509 e. The second-order valence-corrected chi connectivity index (χ2v) is 15.1. The van der Waals surface area contributed by atoms with Gasteiger partial charge in [0.05, 0.1) is 5.69 Å². The number of ether oxygens (including phenoxy) is 1. The number of para-hydroxylation sites is 1. The van der Waals surface area contributed by atoms with Gasteiger partial charge in [0, 0.05) is 34.5 Å². The zero-order valence-corrected chi connectivity index (χ0v) is 34.3. The van der Waals surface area contributed by atoms with Gasteiger partial charge in [-0.15, -0.1) is 41.3 Å². The molecule has 3 heterocycles. The first-order valence-corrected chi connectivity index (χ1v) is 18.2. The van der Waals surface area contributed by atoms with Crippen LogP contribution >= 0.6 is 0 Å². The molecular weight excluding hydrogens is 820 g/mol. The van der Waals surface area contributed by atoms with E-state index in [1.807, 2.05) is 16.9 Å². The Hall–Kier alpha value is -4.47. The van der Waals surface area contributed by atoms with Gasteiger partial charge in [0.25, 0.3) is 0 Å². The molecule has 0 bridgehead atoms. The fourth-order valence-electron chi connectivity index (χ4n) is 7.40. The van der Waals surface area contributed by atoms with Crippen LogP contribution in [0.5, 0.6) is 11.5 Å². The van der Waals surface area contributed by atoms with Crippen molar-refractivity contribution in [3.05, 3.63) is 130 Å². The average Bonchev–Trinajstić information content (AvgIpc) is 3.59. The Morgan fingerprint density at radius 3 is 2.17 bits per heavy atom. The Kier molecular flexibility index (Phi) is 10.4. The number of aryl methyl sites for hydroxylation is 4. The molecule has 0 fully saturated rings. The minimum absolute atomic E-state index is 0. The molecule has 0 N–H and O–H groups in total. The van der Waals surface area contributed by atoms with Crippen molar-refractivity contribution in [2.24, 2.45) is 0 Å². The molecule has 4 aromatic carbocycles. The molecule has 7 aromatic rings. The SMILES string of the molecule is CCc1cc(C)cc(CC)c1-c1c(C)nn(-c2[c-]c(Oc3[c-]c4c(cc3)c3ccccc3n4-c3cc(C(C)C)ccn3)cc(C(C)(C)C)c2)c1C.[Pt+2]. The third kappa shape index (κ3) is 6.76. The molecular formula is C46H48N4OPt. The third-order valence-electron chi connectivity index (χ3n) is 10.1. The first-order valence-electron chi connectivity index (χ1n) is 18.2. The summed E-state index contributed by atoms with van der Waals surface area (Å²) in [6.07, 6.45) is 3.84. The summed E-state index contributed by atoms with van der Waals surface area (Å²) in [6.45, 7) is 22.1. The average molecular weight is 868 g/mol. The molecule has 0 radical (unpaired) electrons. The van der Waals surface area contributed by atoms with Crippen LogP contribution in [0.4, 0.5) is 0 Å². The Balaban J connectivity index is 0.00000464. The third-order valence-corrected chi connectivity index (χ3v) is 10.1. The van der Waals surface area contributed by atoms with Gasteiger partial charge < -0.3 is 9.30 Å². The summed E-state index contributed by atoms with van der Waals surface area (Å²) in [5, 5.41) is 7.40. The van der Waals surface area contributed by atoms with Gasteiger partial charge in [-0.3, -0.25) is 4.68 Å². The molecule has 0 aliphatic heterocycles. The molecule has 0 amide bonds. The summed E-state index contributed by atoms with van der Waals surface area (Å²) in [6, 6.07) is 33.1. The summed E-state index contributed by atoms with van der Waals surface area (Å²) in [7, 11) is 0. The Bertz CT molecular complexity index is 2400. The van der Waals surface area contributed by atoms with Crippen molar-refractivity contribution in [1.29, 1.82) is 0 Å². The smallest absolute Gasteiger partial charge is 0.509 e. The predicted molar refractivity (Wildman–Crippen MR) is 211 cm³/mol. The van der Waals surface area contributed by atoms with Crippen LogP contribution < -0.4 is 4.74 Å². The first kappa shape index (κ1) is 37.3. The molecule has 0 spiro atoms. The molecule has 6 heteroatoms. The number of rotatable bonds is 8. The summed E-state index contributed by atoms with van der Waals surface area (Å²) in [5.41, 5.74) is 13.8. The van der Waals surface area contributed by atoms with Crippen LogP contribution in [-0.2, 0) is 39.3 Å². The molecule has 268 valence electrons. The van der Waals surface area contributed by atoms with Gasteiger partial charge in [-0.2, -0.15) is 11.2 Å². The van der Waals surface area contributed by atoms with E-state index in [1.165, 1.54) is 33.4 Å². The summed E-state index contributed by atoms with van der Waals surface area (Å²) in [5.74, 6) is 2.51. The second-order valence-electron chi connectivity index (χ2n) is 15.1. The van der Waals surface area contributed by atoms with Gasteiger partial charge in [0.1, 0.15) is 5.82 Å². The maximum absolute atomic E-state index is 6.70. The van der Waals surface area contributed by atoms with E-state index in [0.29, 0.717) is 17.4 Å². The van der Waals surface area contributed by atoms with Gasteiger partial charge >= 0.3 is 21.1 Å². The second kappa shape index (κ2) is 14.5. The zero-order chi connectivity index (χ0) is 36.2. The Morgan fingerprint density at radius 1 is 0.788 bits per heavy atom. The van der Waals surface area contributed by atoms with E-state index < -0.39 is 0 Å². The van der Waals surface area contributed by atoms with Gasteiger partial charge in [-0.25, -0.2) is 4.98 Å². The van der Waals surface area contributed by atoms with Crippen LogP contribution in [0.25, 0.3) is 44.4 Å². The molecule has 3 aromatic heterocycles. The van der Waals surface area contributed by atoms with Crippen LogP contribution in [0.15, 0.2) is 79.0 Å². The zero-order valence-electron chi connectivity index (χ0n) is 32.0. The summed E-state index contributed by atoms with van der Waals surface area (Å²) in [4.78, 5) is 4.81. The fraction of sp³-hybridized carbons (Fsp3) is 0.304. The van der Waals surface area contributed by atoms with Crippen molar-refractivity contribution in [1.82, 2.24) is 19.3 Å². The monoisotopic (exact) mass is 867 g/mol. The molecule has 0 saturated heterocycles. The fourth-order valence-corrected chi connectivity index (χ4v) is 7.40. The van der Waals surface area contributed by atoms with Crippen LogP contribution in [0.1, 0.15) is 93.6 Å². The number of hydrogen-bond acceptors (Lipinski definition) is 3. The summed E-state index contributed by atoms with van der Waals surface area (Å²) < 4.78 is 10.9. The standard InChI is InChI=1S/C46H48N4O.Pt/c1-11-32-21-29(5)22-33(12-2)45(32)44-30(6)48-50(31(44)7)36-24-35(46(8,9)10)25-38(26-36)51-37-17-18-40-39-15-13-14-16-41(39)49(42(40)27-37)43-23-34(28(3)4)19-20-47-43;/h13-25,28H,11-12H2,1-10H3;/q-2;+2. The summed E-state index contributed by atoms with van der Waals surface area (Å²) >= 11 is 0. The first-order chi connectivity index (χ1) is 24.4. The molecule has 0 aliphatic carbocycles. The van der Waals surface area contributed by atoms with Gasteiger partial charge in [0.15, 0.2) is 0 Å². The molecule has 0 unspecified atom stereocenters. The number of benzene rings is 4. The molecule has 52 heavy (non-hydrogen) atoms.